The molecule has 4 rings (SSSR count). The van der Waals surface area contributed by atoms with Crippen LogP contribution in [0.1, 0.15) is 48.7 Å². The van der Waals surface area contributed by atoms with E-state index in [1.165, 1.54) is 0 Å². The number of nitrogens with one attached hydrogen (secondary N) is 3. The van der Waals surface area contributed by atoms with Gasteiger partial charge >= 0.3 is 6.03 Å². The molecule has 0 saturated carbocycles. The second-order valence-corrected chi connectivity index (χ2v) is 9.44. The summed E-state index contributed by atoms with van der Waals surface area (Å²) in [4.78, 5) is 34.8. The molecular formula is C26H35N7O2. The highest BCUT2D eigenvalue weighted by Gasteiger charge is 2.26. The number of hydrogen-bond donors (Lipinski definition) is 3. The molecule has 9 nitrogen and oxygen atoms in total. The maximum Gasteiger partial charge on any atom is 0.319 e. The molecule has 0 bridgehead atoms. The molecule has 1 unspecified atom stereocenters. The molecular weight excluding hydrogens is 442 g/mol. The molecule has 35 heavy (non-hydrogen) atoms. The molecule has 186 valence electrons. The first-order valence-electron chi connectivity index (χ1n) is 12.0. The number of likely N-dealkylation sites (tertiary alicyclic amines) is 1. The lowest BCUT2D eigenvalue weighted by molar-refractivity contribution is 0.0939. The fourth-order valence-corrected chi connectivity index (χ4v) is 4.67. The van der Waals surface area contributed by atoms with E-state index < -0.39 is 0 Å². The summed E-state index contributed by atoms with van der Waals surface area (Å²) in [6.45, 7) is 5.93. The lowest BCUT2D eigenvalue weighted by Gasteiger charge is -2.31. The summed E-state index contributed by atoms with van der Waals surface area (Å²) in [6, 6.07) is 1.44. The average molecular weight is 478 g/mol. The van der Waals surface area contributed by atoms with Crippen molar-refractivity contribution in [3.05, 3.63) is 65.0 Å². The van der Waals surface area contributed by atoms with Crippen LogP contribution in [0.4, 0.5) is 4.79 Å². The van der Waals surface area contributed by atoms with Gasteiger partial charge in [-0.2, -0.15) is 0 Å². The van der Waals surface area contributed by atoms with Crippen LogP contribution in [0.2, 0.25) is 0 Å². The minimum absolute atomic E-state index is 0. The van der Waals surface area contributed by atoms with Gasteiger partial charge in [-0.15, -0.1) is 0 Å². The molecule has 3 aliphatic rings. The van der Waals surface area contributed by atoms with Gasteiger partial charge in [0.2, 0.25) is 0 Å². The zero-order valence-electron chi connectivity index (χ0n) is 20.4. The van der Waals surface area contributed by atoms with Gasteiger partial charge in [-0.3, -0.25) is 20.6 Å². The monoisotopic (exact) mass is 477 g/mol. The Hall–Kier alpha value is -3.75. The predicted molar refractivity (Wildman–Crippen MR) is 138 cm³/mol. The molecule has 0 radical (unpaired) electrons. The van der Waals surface area contributed by atoms with E-state index in [2.05, 4.69) is 16.9 Å². The summed E-state index contributed by atoms with van der Waals surface area (Å²) in [6.07, 6.45) is 11.1. The minimum Gasteiger partial charge on any atom is -0.344 e. The van der Waals surface area contributed by atoms with E-state index in [1.807, 2.05) is 18.2 Å². The number of urea groups is 1. The van der Waals surface area contributed by atoms with Crippen LogP contribution < -0.4 is 5.32 Å². The minimum atomic E-state index is -0.290. The molecule has 1 fully saturated rings. The summed E-state index contributed by atoms with van der Waals surface area (Å²) in [5.41, 5.74) is 3.76. The Morgan fingerprint density at radius 1 is 1.23 bits per heavy atom. The smallest absolute Gasteiger partial charge is 0.319 e. The Morgan fingerprint density at radius 2 is 2.03 bits per heavy atom. The van der Waals surface area contributed by atoms with Crippen molar-refractivity contribution in [2.75, 3.05) is 27.2 Å². The number of hydrogen-bond acceptors (Lipinski definition) is 5. The highest BCUT2D eigenvalue weighted by Crippen LogP contribution is 2.24. The third-order valence-electron chi connectivity index (χ3n) is 6.65. The highest BCUT2D eigenvalue weighted by molar-refractivity contribution is 6.09. The first-order valence-corrected chi connectivity index (χ1v) is 12.0. The van der Waals surface area contributed by atoms with E-state index in [0.717, 1.165) is 29.5 Å². The molecule has 0 aromatic carbocycles. The zero-order valence-corrected chi connectivity index (χ0v) is 20.4. The summed E-state index contributed by atoms with van der Waals surface area (Å²) in [7, 11) is 3.46. The van der Waals surface area contributed by atoms with Gasteiger partial charge in [0.05, 0.1) is 6.04 Å². The molecule has 3 amide bonds. The molecule has 2 aliphatic heterocycles. The number of fused-ring (bicyclic) bond motifs is 1. The molecule has 1 atom stereocenters. The SMILES string of the molecule is C=C1CC(NC(=O)c2cc3c(cn2)CCN(C(=O)N(C)C)C3)C=CC=C1C(=N)N1CCCCC1=N.[HH]. The maximum absolute atomic E-state index is 13.0. The number of aromatic nitrogens is 1. The van der Waals surface area contributed by atoms with Crippen LogP contribution in [-0.2, 0) is 13.0 Å². The third-order valence-corrected chi connectivity index (χ3v) is 6.65. The van der Waals surface area contributed by atoms with Gasteiger partial charge in [-0.05, 0) is 48.4 Å². The van der Waals surface area contributed by atoms with Crippen molar-refractivity contribution < 1.29 is 11.0 Å². The largest absolute Gasteiger partial charge is 0.344 e. The van der Waals surface area contributed by atoms with Crippen LogP contribution in [-0.4, -0.2) is 76.5 Å². The quantitative estimate of drug-likeness (QED) is 0.457. The number of carbonyl (C=O) groups is 2. The standard InChI is InChI=1S/C26H33N7O2.H2/c1-17-13-20(7-6-8-21(17)24(28)33-11-5-4-9-23(33)27)30-25(34)22-14-19-16-32(26(35)31(2)3)12-10-18(19)15-29-22;/h6-8,14-15,20,27-28H,1,4-5,9-13,16H2,2-3H3,(H,30,34);1H. The molecule has 0 spiro atoms. The number of amidine groups is 2. The fourth-order valence-electron chi connectivity index (χ4n) is 4.67. The Balaban J connectivity index is 0.00000361. The third kappa shape index (κ3) is 5.34. The molecule has 1 aromatic rings. The molecule has 1 aromatic heterocycles. The summed E-state index contributed by atoms with van der Waals surface area (Å²) < 4.78 is 0. The predicted octanol–water partition coefficient (Wildman–Crippen LogP) is 3.35. The van der Waals surface area contributed by atoms with Crippen LogP contribution in [0.15, 0.2) is 48.2 Å². The lowest BCUT2D eigenvalue weighted by atomic mass is 9.98. The maximum atomic E-state index is 13.0. The normalized spacial score (nSPS) is 20.1. The first kappa shape index (κ1) is 24.4. The number of pyridine rings is 1. The number of carbonyl (C=O) groups excluding carboxylic acids is 2. The van der Waals surface area contributed by atoms with Crippen molar-refractivity contribution in [3.63, 3.8) is 0 Å². The van der Waals surface area contributed by atoms with Crippen molar-refractivity contribution in [2.24, 2.45) is 0 Å². The van der Waals surface area contributed by atoms with Gasteiger partial charge in [-0.25, -0.2) is 4.79 Å². The molecule has 3 heterocycles. The van der Waals surface area contributed by atoms with Crippen LogP contribution in [0.5, 0.6) is 0 Å². The van der Waals surface area contributed by atoms with E-state index in [9.17, 15) is 9.59 Å². The number of amides is 3. The van der Waals surface area contributed by atoms with Crippen molar-refractivity contribution in [2.45, 2.75) is 44.7 Å². The molecule has 1 aliphatic carbocycles. The van der Waals surface area contributed by atoms with E-state index in [4.69, 9.17) is 10.8 Å². The van der Waals surface area contributed by atoms with Gasteiger partial charge in [0.15, 0.2) is 0 Å². The fraction of sp³-hybridized carbons (Fsp3) is 0.423. The number of nitrogens with zero attached hydrogens (tertiary/aromatic N) is 4. The average Bonchev–Trinajstić information content (AvgIpc) is 3.03. The van der Waals surface area contributed by atoms with Crippen molar-refractivity contribution in [1.29, 1.82) is 10.8 Å². The number of piperidine rings is 1. The van der Waals surface area contributed by atoms with Gasteiger partial charge < -0.3 is 20.0 Å². The Labute approximate surface area is 207 Å². The van der Waals surface area contributed by atoms with Crippen molar-refractivity contribution >= 4 is 23.6 Å². The number of allylic oxidation sites excluding steroid dienone is 2. The van der Waals surface area contributed by atoms with Crippen molar-refractivity contribution in [1.82, 2.24) is 25.0 Å². The second-order valence-electron chi connectivity index (χ2n) is 9.44. The second kappa shape index (κ2) is 10.2. The van der Waals surface area contributed by atoms with E-state index in [-0.39, 0.29) is 19.4 Å². The van der Waals surface area contributed by atoms with Gasteiger partial charge in [0.25, 0.3) is 5.91 Å². The topological polar surface area (TPSA) is 116 Å². The molecule has 9 heteroatoms. The van der Waals surface area contributed by atoms with Crippen LogP contribution in [0.3, 0.4) is 0 Å². The Kier molecular flexibility index (Phi) is 7.14. The molecule has 1 saturated heterocycles. The van der Waals surface area contributed by atoms with Crippen LogP contribution >= 0.6 is 0 Å². The number of rotatable bonds is 3. The summed E-state index contributed by atoms with van der Waals surface area (Å²) in [5.74, 6) is 0.476. The van der Waals surface area contributed by atoms with Crippen LogP contribution in [0.25, 0.3) is 0 Å². The first-order chi connectivity index (χ1) is 16.7. The zero-order chi connectivity index (χ0) is 25.1. The lowest BCUT2D eigenvalue weighted by Crippen LogP contribution is -2.42. The van der Waals surface area contributed by atoms with Gasteiger partial charge in [-0.1, -0.05) is 24.8 Å². The van der Waals surface area contributed by atoms with E-state index in [0.29, 0.717) is 61.8 Å². The molecule has 3 N–H and O–H groups in total. The van der Waals surface area contributed by atoms with Gasteiger partial charge in [0.1, 0.15) is 17.4 Å². The Bertz CT molecular complexity index is 1140. The summed E-state index contributed by atoms with van der Waals surface area (Å²) >= 11 is 0. The van der Waals surface area contributed by atoms with Crippen molar-refractivity contribution in [3.8, 4) is 0 Å². The summed E-state index contributed by atoms with van der Waals surface area (Å²) in [5, 5.41) is 19.8. The Morgan fingerprint density at radius 3 is 2.77 bits per heavy atom. The van der Waals surface area contributed by atoms with E-state index >= 15 is 0 Å². The van der Waals surface area contributed by atoms with E-state index in [1.54, 1.807) is 41.1 Å². The van der Waals surface area contributed by atoms with Crippen LogP contribution in [0, 0.1) is 10.8 Å². The van der Waals surface area contributed by atoms with Gasteiger partial charge in [0, 0.05) is 53.3 Å². The highest BCUT2D eigenvalue weighted by atomic mass is 16.2.